The smallest absolute Gasteiger partial charge is 0.123 e. The Kier molecular flexibility index (Phi) is 1.97. The first-order valence-corrected chi connectivity index (χ1v) is 4.68. The Morgan fingerprint density at radius 2 is 2.42 bits per heavy atom. The average Bonchev–Trinajstić information content (AvgIpc) is 2.83. The summed E-state index contributed by atoms with van der Waals surface area (Å²) in [4.78, 5) is 14.7. The second-order valence-electron chi connectivity index (χ2n) is 3.03. The highest BCUT2D eigenvalue weighted by Crippen LogP contribution is 2.45. The number of carbonyl (C=O) groups is 1. The summed E-state index contributed by atoms with van der Waals surface area (Å²) in [6, 6.07) is 5.81. The van der Waals surface area contributed by atoms with Crippen LogP contribution >= 0.6 is 15.9 Å². The standard InChI is InChI=1S/C9H8BrNO/c10-9-3-1-2-8(11-9)7-4-6(7)5-12/h1-3,5-7H,4H2. The van der Waals surface area contributed by atoms with Gasteiger partial charge in [-0.25, -0.2) is 4.98 Å². The van der Waals surface area contributed by atoms with Gasteiger partial charge in [-0.15, -0.1) is 0 Å². The highest BCUT2D eigenvalue weighted by molar-refractivity contribution is 9.10. The maximum absolute atomic E-state index is 10.4. The summed E-state index contributed by atoms with van der Waals surface area (Å²) in [5, 5.41) is 0. The average molecular weight is 226 g/mol. The van der Waals surface area contributed by atoms with Crippen molar-refractivity contribution in [3.63, 3.8) is 0 Å². The molecule has 2 nitrogen and oxygen atoms in total. The normalized spacial score (nSPS) is 26.8. The van der Waals surface area contributed by atoms with Crippen molar-refractivity contribution < 1.29 is 4.79 Å². The van der Waals surface area contributed by atoms with E-state index >= 15 is 0 Å². The summed E-state index contributed by atoms with van der Waals surface area (Å²) in [6.45, 7) is 0. The van der Waals surface area contributed by atoms with Gasteiger partial charge in [-0.1, -0.05) is 6.07 Å². The van der Waals surface area contributed by atoms with Gasteiger partial charge < -0.3 is 4.79 Å². The lowest BCUT2D eigenvalue weighted by molar-refractivity contribution is -0.108. The molecule has 2 rings (SSSR count). The van der Waals surface area contributed by atoms with Gasteiger partial charge in [0.05, 0.1) is 0 Å². The van der Waals surface area contributed by atoms with Crippen LogP contribution in [-0.4, -0.2) is 11.3 Å². The molecule has 1 aromatic heterocycles. The van der Waals surface area contributed by atoms with Crippen LogP contribution in [0, 0.1) is 5.92 Å². The Morgan fingerprint density at radius 1 is 1.58 bits per heavy atom. The molecule has 0 saturated heterocycles. The number of rotatable bonds is 2. The summed E-state index contributed by atoms with van der Waals surface area (Å²) in [7, 11) is 0. The number of hydrogen-bond donors (Lipinski definition) is 0. The second kappa shape index (κ2) is 2.98. The molecule has 2 unspecified atom stereocenters. The van der Waals surface area contributed by atoms with Gasteiger partial charge in [0.1, 0.15) is 10.9 Å². The van der Waals surface area contributed by atoms with E-state index in [1.54, 1.807) is 0 Å². The second-order valence-corrected chi connectivity index (χ2v) is 3.84. The summed E-state index contributed by atoms with van der Waals surface area (Å²) < 4.78 is 0.844. The van der Waals surface area contributed by atoms with E-state index in [2.05, 4.69) is 20.9 Å². The molecular formula is C9H8BrNO. The van der Waals surface area contributed by atoms with Crippen LogP contribution in [0.4, 0.5) is 0 Å². The number of pyridine rings is 1. The van der Waals surface area contributed by atoms with Crippen molar-refractivity contribution >= 4 is 22.2 Å². The van der Waals surface area contributed by atoms with Crippen molar-refractivity contribution in [1.82, 2.24) is 4.98 Å². The van der Waals surface area contributed by atoms with Crippen LogP contribution in [-0.2, 0) is 4.79 Å². The number of carbonyl (C=O) groups excluding carboxylic acids is 1. The highest BCUT2D eigenvalue weighted by atomic mass is 79.9. The van der Waals surface area contributed by atoms with E-state index in [0.29, 0.717) is 5.92 Å². The van der Waals surface area contributed by atoms with E-state index in [0.717, 1.165) is 23.0 Å². The molecule has 0 radical (unpaired) electrons. The van der Waals surface area contributed by atoms with E-state index in [1.165, 1.54) is 0 Å². The Hall–Kier alpha value is -0.700. The largest absolute Gasteiger partial charge is 0.303 e. The van der Waals surface area contributed by atoms with Gasteiger partial charge in [-0.3, -0.25) is 0 Å². The zero-order chi connectivity index (χ0) is 8.55. The summed E-state index contributed by atoms with van der Waals surface area (Å²) in [5.41, 5.74) is 1.03. The molecule has 1 aromatic rings. The van der Waals surface area contributed by atoms with Crippen LogP contribution in [0.15, 0.2) is 22.8 Å². The van der Waals surface area contributed by atoms with Gasteiger partial charge in [0.25, 0.3) is 0 Å². The van der Waals surface area contributed by atoms with Gasteiger partial charge in [0, 0.05) is 17.5 Å². The monoisotopic (exact) mass is 225 g/mol. The molecule has 0 bridgehead atoms. The summed E-state index contributed by atoms with van der Waals surface area (Å²) in [5.74, 6) is 0.590. The Balaban J connectivity index is 2.19. The molecule has 2 atom stereocenters. The molecule has 62 valence electrons. The predicted octanol–water partition coefficient (Wildman–Crippen LogP) is 2.15. The van der Waals surface area contributed by atoms with Crippen LogP contribution in [0.2, 0.25) is 0 Å². The minimum absolute atomic E-state index is 0.215. The van der Waals surface area contributed by atoms with E-state index in [1.807, 2.05) is 18.2 Å². The predicted molar refractivity (Wildman–Crippen MR) is 48.8 cm³/mol. The molecule has 3 heteroatoms. The quantitative estimate of drug-likeness (QED) is 0.571. The topological polar surface area (TPSA) is 30.0 Å². The fourth-order valence-electron chi connectivity index (χ4n) is 1.34. The maximum atomic E-state index is 10.4. The van der Waals surface area contributed by atoms with Crippen molar-refractivity contribution in [1.29, 1.82) is 0 Å². The SMILES string of the molecule is O=CC1CC1c1cccc(Br)n1. The molecule has 0 aromatic carbocycles. The van der Waals surface area contributed by atoms with E-state index in [9.17, 15) is 4.79 Å². The zero-order valence-corrected chi connectivity index (χ0v) is 7.99. The van der Waals surface area contributed by atoms with Gasteiger partial charge in [-0.2, -0.15) is 0 Å². The molecule has 0 amide bonds. The van der Waals surface area contributed by atoms with Crippen LogP contribution in [0.25, 0.3) is 0 Å². The van der Waals surface area contributed by atoms with Crippen LogP contribution in [0.3, 0.4) is 0 Å². The number of hydrogen-bond acceptors (Lipinski definition) is 2. The van der Waals surface area contributed by atoms with Gasteiger partial charge >= 0.3 is 0 Å². The first-order chi connectivity index (χ1) is 5.81. The molecule has 0 aliphatic heterocycles. The Labute approximate surface area is 79.1 Å². The lowest BCUT2D eigenvalue weighted by Crippen LogP contribution is -1.88. The molecule has 0 spiro atoms. The lowest BCUT2D eigenvalue weighted by Gasteiger charge is -1.96. The summed E-state index contributed by atoms with van der Waals surface area (Å²) >= 11 is 3.30. The van der Waals surface area contributed by atoms with Crippen molar-refractivity contribution in [2.24, 2.45) is 5.92 Å². The van der Waals surface area contributed by atoms with Crippen LogP contribution < -0.4 is 0 Å². The Morgan fingerprint density at radius 3 is 3.00 bits per heavy atom. The van der Waals surface area contributed by atoms with E-state index < -0.39 is 0 Å². The van der Waals surface area contributed by atoms with Gasteiger partial charge in [-0.05, 0) is 34.5 Å². The highest BCUT2D eigenvalue weighted by Gasteiger charge is 2.39. The van der Waals surface area contributed by atoms with Crippen molar-refractivity contribution in [3.05, 3.63) is 28.5 Å². The van der Waals surface area contributed by atoms with Crippen molar-refractivity contribution in [3.8, 4) is 0 Å². The molecule has 0 N–H and O–H groups in total. The lowest BCUT2D eigenvalue weighted by atomic mass is 10.2. The number of aromatic nitrogens is 1. The number of aldehydes is 1. The first-order valence-electron chi connectivity index (χ1n) is 3.89. The third kappa shape index (κ3) is 1.41. The molecule has 1 aliphatic rings. The fraction of sp³-hybridized carbons (Fsp3) is 0.333. The zero-order valence-electron chi connectivity index (χ0n) is 6.40. The van der Waals surface area contributed by atoms with Crippen LogP contribution in [0.5, 0.6) is 0 Å². The number of nitrogens with zero attached hydrogens (tertiary/aromatic N) is 1. The van der Waals surface area contributed by atoms with Crippen molar-refractivity contribution in [2.45, 2.75) is 12.3 Å². The number of halogens is 1. The summed E-state index contributed by atoms with van der Waals surface area (Å²) in [6.07, 6.45) is 1.99. The first kappa shape index (κ1) is 7.92. The minimum Gasteiger partial charge on any atom is -0.303 e. The Bertz CT molecular complexity index is 313. The molecular weight excluding hydrogens is 218 g/mol. The third-order valence-corrected chi connectivity index (χ3v) is 2.57. The van der Waals surface area contributed by atoms with Crippen LogP contribution in [0.1, 0.15) is 18.0 Å². The van der Waals surface area contributed by atoms with E-state index in [4.69, 9.17) is 0 Å². The van der Waals surface area contributed by atoms with E-state index in [-0.39, 0.29) is 5.92 Å². The fourth-order valence-corrected chi connectivity index (χ4v) is 1.69. The van der Waals surface area contributed by atoms with Gasteiger partial charge in [0.2, 0.25) is 0 Å². The molecule has 1 aliphatic carbocycles. The molecule has 1 heterocycles. The molecule has 12 heavy (non-hydrogen) atoms. The van der Waals surface area contributed by atoms with Gasteiger partial charge in [0.15, 0.2) is 0 Å². The minimum atomic E-state index is 0.215. The van der Waals surface area contributed by atoms with Crippen molar-refractivity contribution in [2.75, 3.05) is 0 Å². The molecule has 1 fully saturated rings. The molecule has 1 saturated carbocycles. The maximum Gasteiger partial charge on any atom is 0.123 e. The third-order valence-electron chi connectivity index (χ3n) is 2.13.